The van der Waals surface area contributed by atoms with Crippen LogP contribution in [-0.2, 0) is 26.6 Å². The van der Waals surface area contributed by atoms with Crippen LogP contribution < -0.4 is 4.72 Å². The Kier molecular flexibility index (Phi) is 5.24. The zero-order valence-corrected chi connectivity index (χ0v) is 16.7. The third-order valence-corrected chi connectivity index (χ3v) is 6.29. The number of rotatable bonds is 6. The molecule has 0 aliphatic rings. The van der Waals surface area contributed by atoms with Crippen molar-refractivity contribution in [2.24, 2.45) is 0 Å². The maximum absolute atomic E-state index is 12.6. The van der Waals surface area contributed by atoms with Gasteiger partial charge in [-0.1, -0.05) is 36.4 Å². The van der Waals surface area contributed by atoms with Gasteiger partial charge in [0.15, 0.2) is 5.69 Å². The van der Waals surface area contributed by atoms with E-state index in [0.29, 0.717) is 0 Å². The topological polar surface area (TPSA) is 118 Å². The van der Waals surface area contributed by atoms with Gasteiger partial charge in [-0.15, -0.1) is 0 Å². The van der Waals surface area contributed by atoms with Crippen LogP contribution >= 0.6 is 0 Å². The molecule has 0 bridgehead atoms. The second kappa shape index (κ2) is 7.34. The number of pyridine rings is 1. The third-order valence-electron chi connectivity index (χ3n) is 3.94. The summed E-state index contributed by atoms with van der Waals surface area (Å²) in [5, 5.41) is -0.344. The molecule has 0 aliphatic carbocycles. The van der Waals surface area contributed by atoms with Crippen LogP contribution in [0.15, 0.2) is 59.9 Å². The summed E-state index contributed by atoms with van der Waals surface area (Å²) in [6, 6.07) is 13.5. The van der Waals surface area contributed by atoms with E-state index in [4.69, 9.17) is 0 Å². The normalized spacial score (nSPS) is 12.4. The van der Waals surface area contributed by atoms with E-state index < -0.39 is 26.0 Å². The molecule has 0 spiro atoms. The second-order valence-electron chi connectivity index (χ2n) is 6.15. The Hall–Kier alpha value is -2.76. The number of nitrogens with one attached hydrogen (secondary N) is 1. The fourth-order valence-corrected chi connectivity index (χ4v) is 4.19. The van der Waals surface area contributed by atoms with Crippen LogP contribution in [0.4, 0.5) is 0 Å². The summed E-state index contributed by atoms with van der Waals surface area (Å²) in [6.45, 7) is 0.0575. The Morgan fingerprint density at radius 2 is 1.71 bits per heavy atom. The Morgan fingerprint density at radius 3 is 2.36 bits per heavy atom. The van der Waals surface area contributed by atoms with Crippen molar-refractivity contribution in [3.8, 4) is 0 Å². The van der Waals surface area contributed by atoms with Gasteiger partial charge in [0, 0.05) is 26.0 Å². The minimum atomic E-state index is -4.17. The number of benzene rings is 1. The lowest BCUT2D eigenvalue weighted by atomic mass is 10.2. The van der Waals surface area contributed by atoms with E-state index in [2.05, 4.69) is 4.98 Å². The van der Waals surface area contributed by atoms with Gasteiger partial charge in [-0.3, -0.25) is 9.20 Å². The average molecular weight is 422 g/mol. The fraction of sp³-hybridized carbons (Fsp3) is 0.176. The van der Waals surface area contributed by atoms with Crippen molar-refractivity contribution in [1.82, 2.24) is 18.4 Å². The Labute approximate surface area is 162 Å². The molecule has 0 fully saturated rings. The van der Waals surface area contributed by atoms with Gasteiger partial charge in [0.1, 0.15) is 0 Å². The molecule has 2 heterocycles. The minimum absolute atomic E-state index is 0.0575. The monoisotopic (exact) mass is 422 g/mol. The zero-order chi connectivity index (χ0) is 20.5. The van der Waals surface area contributed by atoms with Gasteiger partial charge in [0.05, 0.1) is 5.52 Å². The van der Waals surface area contributed by atoms with Crippen molar-refractivity contribution in [3.63, 3.8) is 0 Å². The van der Waals surface area contributed by atoms with Gasteiger partial charge in [-0.05, 0) is 17.7 Å². The number of imidazole rings is 1. The second-order valence-corrected chi connectivity index (χ2v) is 9.84. The van der Waals surface area contributed by atoms with Crippen LogP contribution in [0.25, 0.3) is 5.52 Å². The maximum atomic E-state index is 12.6. The highest BCUT2D eigenvalue weighted by Gasteiger charge is 2.27. The summed E-state index contributed by atoms with van der Waals surface area (Å²) < 4.78 is 53.0. The molecule has 28 heavy (non-hydrogen) atoms. The molecule has 0 radical (unpaired) electrons. The molecular formula is C17H18N4O5S2. The summed E-state index contributed by atoms with van der Waals surface area (Å²) in [5.74, 6) is -1.02. The summed E-state index contributed by atoms with van der Waals surface area (Å²) >= 11 is 0. The highest BCUT2D eigenvalue weighted by Crippen LogP contribution is 2.17. The van der Waals surface area contributed by atoms with Crippen LogP contribution in [-0.4, -0.2) is 49.7 Å². The first-order chi connectivity index (χ1) is 13.1. The lowest BCUT2D eigenvalue weighted by Gasteiger charge is -2.17. The highest BCUT2D eigenvalue weighted by atomic mass is 32.2. The van der Waals surface area contributed by atoms with Crippen LogP contribution in [0, 0.1) is 0 Å². The van der Waals surface area contributed by atoms with E-state index in [0.717, 1.165) is 16.1 Å². The molecule has 3 aromatic rings. The predicted molar refractivity (Wildman–Crippen MR) is 103 cm³/mol. The molecule has 0 saturated carbocycles. The number of sulfone groups is 1. The number of fused-ring (bicyclic) bond motifs is 1. The molecule has 0 unspecified atom stereocenters. The molecule has 0 aliphatic heterocycles. The number of nitrogens with zero attached hydrogens (tertiary/aromatic N) is 3. The Morgan fingerprint density at radius 1 is 1.07 bits per heavy atom. The molecule has 2 aromatic heterocycles. The Balaban J connectivity index is 1.90. The van der Waals surface area contributed by atoms with Crippen molar-refractivity contribution >= 4 is 31.5 Å². The first kappa shape index (κ1) is 20.0. The van der Waals surface area contributed by atoms with Crippen molar-refractivity contribution < 1.29 is 21.6 Å². The van der Waals surface area contributed by atoms with Gasteiger partial charge >= 0.3 is 10.2 Å². The summed E-state index contributed by atoms with van der Waals surface area (Å²) in [6.07, 6.45) is 2.40. The van der Waals surface area contributed by atoms with Gasteiger partial charge in [0.25, 0.3) is 5.91 Å². The van der Waals surface area contributed by atoms with E-state index in [-0.39, 0.29) is 22.9 Å². The van der Waals surface area contributed by atoms with Crippen molar-refractivity contribution in [2.45, 2.75) is 11.7 Å². The summed E-state index contributed by atoms with van der Waals surface area (Å²) in [4.78, 5) is 16.5. The average Bonchev–Trinajstić information content (AvgIpc) is 3.02. The van der Waals surface area contributed by atoms with E-state index in [1.54, 1.807) is 36.4 Å². The molecule has 1 amide bonds. The smallest absolute Gasteiger partial charge is 0.290 e. The molecule has 148 valence electrons. The van der Waals surface area contributed by atoms with Crippen molar-refractivity contribution in [2.75, 3.05) is 13.3 Å². The molecule has 1 N–H and O–H groups in total. The number of amides is 1. The van der Waals surface area contributed by atoms with Gasteiger partial charge in [-0.25, -0.2) is 18.1 Å². The number of hydrogen-bond donors (Lipinski definition) is 1. The fourth-order valence-electron chi connectivity index (χ4n) is 2.61. The van der Waals surface area contributed by atoms with Gasteiger partial charge in [-0.2, -0.15) is 12.7 Å². The van der Waals surface area contributed by atoms with E-state index in [9.17, 15) is 21.6 Å². The van der Waals surface area contributed by atoms with Gasteiger partial charge in [0.2, 0.25) is 15.0 Å². The number of carbonyl (C=O) groups excluding carboxylic acids is 1. The first-order valence-corrected chi connectivity index (χ1v) is 11.4. The lowest BCUT2D eigenvalue weighted by molar-refractivity contribution is 0.0976. The van der Waals surface area contributed by atoms with Crippen LogP contribution in [0.2, 0.25) is 0 Å². The predicted octanol–water partition coefficient (Wildman–Crippen LogP) is 0.844. The molecular weight excluding hydrogens is 404 g/mol. The molecule has 9 nitrogen and oxygen atoms in total. The highest BCUT2D eigenvalue weighted by molar-refractivity contribution is 7.90. The first-order valence-electron chi connectivity index (χ1n) is 8.09. The van der Waals surface area contributed by atoms with Gasteiger partial charge < -0.3 is 0 Å². The summed E-state index contributed by atoms with van der Waals surface area (Å²) in [7, 11) is -6.57. The molecule has 1 aromatic carbocycles. The van der Waals surface area contributed by atoms with Crippen molar-refractivity contribution in [3.05, 3.63) is 66.0 Å². The van der Waals surface area contributed by atoms with E-state index in [1.807, 2.05) is 10.8 Å². The van der Waals surface area contributed by atoms with Crippen molar-refractivity contribution in [1.29, 1.82) is 0 Å². The standard InChI is InChI=1S/C17H18N4O5S2/c1-20(12-13-8-4-3-5-9-13)28(25,26)19-16(22)15-14-10-6-7-11-21(14)17(18-15)27(2,23)24/h3-11H,12H2,1-2H3,(H,19,22). The largest absolute Gasteiger partial charge is 0.304 e. The lowest BCUT2D eigenvalue weighted by Crippen LogP contribution is -2.41. The number of aromatic nitrogens is 2. The van der Waals surface area contributed by atoms with Crippen LogP contribution in [0.1, 0.15) is 16.1 Å². The quantitative estimate of drug-likeness (QED) is 0.629. The zero-order valence-electron chi connectivity index (χ0n) is 15.1. The molecule has 0 atom stereocenters. The van der Waals surface area contributed by atoms with Crippen LogP contribution in [0.5, 0.6) is 0 Å². The number of hydrogen-bond acceptors (Lipinski definition) is 6. The molecule has 0 saturated heterocycles. The van der Waals surface area contributed by atoms with E-state index >= 15 is 0 Å². The number of carbonyl (C=O) groups is 1. The third kappa shape index (κ3) is 4.06. The molecule has 11 heteroatoms. The summed E-state index contributed by atoms with van der Waals surface area (Å²) in [5.41, 5.74) is 0.633. The molecule has 3 rings (SSSR count). The SMILES string of the molecule is CN(Cc1ccccc1)S(=O)(=O)NC(=O)c1nc(S(C)(=O)=O)n2ccccc12. The minimum Gasteiger partial charge on any atom is -0.290 e. The maximum Gasteiger partial charge on any atom is 0.304 e. The van der Waals surface area contributed by atoms with Crippen LogP contribution in [0.3, 0.4) is 0 Å². The van der Waals surface area contributed by atoms with E-state index in [1.165, 1.54) is 23.7 Å². The Bertz CT molecular complexity index is 1240.